The Morgan fingerprint density at radius 1 is 1.25 bits per heavy atom. The maximum Gasteiger partial charge on any atom is 0.502 e. The van der Waals surface area contributed by atoms with Gasteiger partial charge in [0.1, 0.15) is 0 Å². The first-order valence-corrected chi connectivity index (χ1v) is 3.38. The Labute approximate surface area is 68.0 Å². The lowest BCUT2D eigenvalue weighted by Gasteiger charge is -2.05. The van der Waals surface area contributed by atoms with Crippen LogP contribution in [0.1, 0.15) is 5.69 Å². The van der Waals surface area contributed by atoms with E-state index in [1.54, 1.807) is 12.1 Å². The average Bonchev–Trinajstić information content (AvgIpc) is 2.02. The normalized spacial score (nSPS) is 12.2. The SMILES string of the molecule is F[B-](F)(F)/C=C/c1ccccn1. The number of aromatic nitrogens is 1. The number of hydrogen-bond acceptors (Lipinski definition) is 1. The summed E-state index contributed by atoms with van der Waals surface area (Å²) < 4.78 is 35.1. The quantitative estimate of drug-likeness (QED) is 0.624. The molecule has 0 saturated heterocycles. The zero-order chi connectivity index (χ0) is 9.03. The molecule has 0 bridgehead atoms. The van der Waals surface area contributed by atoms with Gasteiger partial charge in [0.2, 0.25) is 0 Å². The minimum Gasteiger partial charge on any atom is -0.445 e. The van der Waals surface area contributed by atoms with Crippen LogP contribution in [0.2, 0.25) is 0 Å². The van der Waals surface area contributed by atoms with Gasteiger partial charge in [-0.2, -0.15) is 0 Å². The highest BCUT2D eigenvalue weighted by atomic mass is 19.4. The smallest absolute Gasteiger partial charge is 0.445 e. The average molecular weight is 172 g/mol. The van der Waals surface area contributed by atoms with Crippen molar-refractivity contribution in [2.45, 2.75) is 0 Å². The minimum atomic E-state index is -4.85. The molecular formula is C7H6BF3N-. The second-order valence-corrected chi connectivity index (χ2v) is 2.24. The van der Waals surface area contributed by atoms with Gasteiger partial charge < -0.3 is 12.9 Å². The third-order valence-corrected chi connectivity index (χ3v) is 1.17. The topological polar surface area (TPSA) is 12.9 Å². The molecule has 0 N–H and O–H groups in total. The zero-order valence-corrected chi connectivity index (χ0v) is 6.12. The van der Waals surface area contributed by atoms with Gasteiger partial charge in [-0.3, -0.25) is 4.98 Å². The molecule has 0 aliphatic heterocycles. The van der Waals surface area contributed by atoms with Crippen LogP contribution >= 0.6 is 0 Å². The fraction of sp³-hybridized carbons (Fsp3) is 0. The van der Waals surface area contributed by atoms with Crippen molar-refractivity contribution in [1.29, 1.82) is 0 Å². The molecule has 1 aromatic rings. The Hall–Kier alpha value is -1.26. The van der Waals surface area contributed by atoms with E-state index >= 15 is 0 Å². The van der Waals surface area contributed by atoms with Crippen molar-refractivity contribution in [2.24, 2.45) is 0 Å². The van der Waals surface area contributed by atoms with Crippen LogP contribution in [-0.4, -0.2) is 12.0 Å². The summed E-state index contributed by atoms with van der Waals surface area (Å²) in [7, 11) is 0. The van der Waals surface area contributed by atoms with Gasteiger partial charge in [-0.1, -0.05) is 12.1 Å². The maximum atomic E-state index is 11.7. The highest BCUT2D eigenvalue weighted by molar-refractivity contribution is 6.64. The van der Waals surface area contributed by atoms with Gasteiger partial charge in [-0.05, 0) is 12.1 Å². The van der Waals surface area contributed by atoms with Crippen molar-refractivity contribution in [3.05, 3.63) is 36.1 Å². The Bertz CT molecular complexity index is 268. The Morgan fingerprint density at radius 3 is 2.50 bits per heavy atom. The fourth-order valence-corrected chi connectivity index (χ4v) is 0.682. The van der Waals surface area contributed by atoms with Gasteiger partial charge in [0.25, 0.3) is 0 Å². The predicted octanol–water partition coefficient (Wildman–Crippen LogP) is 2.48. The lowest BCUT2D eigenvalue weighted by Crippen LogP contribution is -2.09. The highest BCUT2D eigenvalue weighted by Gasteiger charge is 2.16. The second kappa shape index (κ2) is 3.43. The summed E-state index contributed by atoms with van der Waals surface area (Å²) in [5.74, 6) is 0.225. The van der Waals surface area contributed by atoms with E-state index in [9.17, 15) is 12.9 Å². The van der Waals surface area contributed by atoms with E-state index in [1.165, 1.54) is 12.3 Å². The molecule has 1 rings (SSSR count). The number of pyridine rings is 1. The van der Waals surface area contributed by atoms with Crippen LogP contribution in [-0.2, 0) is 0 Å². The molecule has 0 radical (unpaired) electrons. The third-order valence-electron chi connectivity index (χ3n) is 1.17. The summed E-state index contributed by atoms with van der Waals surface area (Å²) in [6, 6.07) is 4.80. The summed E-state index contributed by atoms with van der Waals surface area (Å²) >= 11 is 0. The van der Waals surface area contributed by atoms with Crippen molar-refractivity contribution in [3.8, 4) is 0 Å². The fourth-order valence-electron chi connectivity index (χ4n) is 0.682. The highest BCUT2D eigenvalue weighted by Crippen LogP contribution is 2.11. The molecule has 0 spiro atoms. The van der Waals surface area contributed by atoms with Crippen molar-refractivity contribution in [2.75, 3.05) is 0 Å². The van der Waals surface area contributed by atoms with Crippen LogP contribution in [0.5, 0.6) is 0 Å². The standard InChI is InChI=1S/C7H6BF3N/c9-8(10,11)5-4-7-3-1-2-6-12-7/h1-6H/q-1/b5-4+. The second-order valence-electron chi connectivity index (χ2n) is 2.24. The number of halogens is 3. The molecule has 1 nitrogen and oxygen atoms in total. The Morgan fingerprint density at radius 2 is 2.00 bits per heavy atom. The molecule has 0 saturated carbocycles. The van der Waals surface area contributed by atoms with Gasteiger partial charge in [-0.25, -0.2) is 0 Å². The van der Waals surface area contributed by atoms with Crippen molar-refractivity contribution in [3.63, 3.8) is 0 Å². The van der Waals surface area contributed by atoms with Crippen molar-refractivity contribution < 1.29 is 12.9 Å². The summed E-state index contributed by atoms with van der Waals surface area (Å²) in [5.41, 5.74) is 0.316. The van der Waals surface area contributed by atoms with E-state index in [4.69, 9.17) is 0 Å². The Kier molecular flexibility index (Phi) is 2.52. The molecule has 0 aromatic carbocycles. The van der Waals surface area contributed by atoms with Crippen LogP contribution in [0.3, 0.4) is 0 Å². The largest absolute Gasteiger partial charge is 0.502 e. The van der Waals surface area contributed by atoms with Crippen LogP contribution in [0, 0.1) is 0 Å². The molecule has 0 amide bonds. The molecule has 12 heavy (non-hydrogen) atoms. The lowest BCUT2D eigenvalue weighted by atomic mass is 9.91. The Balaban J connectivity index is 2.71. The summed E-state index contributed by atoms with van der Waals surface area (Å²) in [6.45, 7) is -4.85. The number of rotatable bonds is 2. The van der Waals surface area contributed by atoms with Crippen LogP contribution in [0.25, 0.3) is 6.08 Å². The summed E-state index contributed by atoms with van der Waals surface area (Å²) in [4.78, 5) is 3.70. The number of nitrogens with zero attached hydrogens (tertiary/aromatic N) is 1. The van der Waals surface area contributed by atoms with Gasteiger partial charge in [0.15, 0.2) is 0 Å². The van der Waals surface area contributed by atoms with Gasteiger partial charge in [-0.15, -0.1) is 5.98 Å². The van der Waals surface area contributed by atoms with Crippen molar-refractivity contribution >= 4 is 13.1 Å². The number of hydrogen-bond donors (Lipinski definition) is 0. The van der Waals surface area contributed by atoms with Gasteiger partial charge >= 0.3 is 6.98 Å². The zero-order valence-electron chi connectivity index (χ0n) is 6.12. The van der Waals surface area contributed by atoms with Crippen molar-refractivity contribution in [1.82, 2.24) is 4.98 Å². The molecule has 1 heterocycles. The van der Waals surface area contributed by atoms with Crippen LogP contribution in [0.4, 0.5) is 12.9 Å². The van der Waals surface area contributed by atoms with E-state index in [0.717, 1.165) is 6.08 Å². The first-order valence-electron chi connectivity index (χ1n) is 3.38. The predicted molar refractivity (Wildman–Crippen MR) is 42.3 cm³/mol. The molecule has 0 unspecified atom stereocenters. The van der Waals surface area contributed by atoms with E-state index in [2.05, 4.69) is 4.98 Å². The van der Waals surface area contributed by atoms with Crippen LogP contribution < -0.4 is 0 Å². The van der Waals surface area contributed by atoms with E-state index in [-0.39, 0.29) is 5.98 Å². The van der Waals surface area contributed by atoms with Gasteiger partial charge in [0.05, 0.1) is 5.69 Å². The summed E-state index contributed by atoms with van der Waals surface area (Å²) in [6.07, 6.45) is 2.41. The van der Waals surface area contributed by atoms with E-state index in [1.807, 2.05) is 0 Å². The first kappa shape index (κ1) is 8.84. The molecule has 0 aliphatic rings. The first-order chi connectivity index (χ1) is 5.58. The van der Waals surface area contributed by atoms with E-state index < -0.39 is 6.98 Å². The molecule has 0 fully saturated rings. The molecule has 5 heteroatoms. The molecule has 1 aromatic heterocycles. The third kappa shape index (κ3) is 3.23. The lowest BCUT2D eigenvalue weighted by molar-refractivity contribution is 0.499. The van der Waals surface area contributed by atoms with Gasteiger partial charge in [0, 0.05) is 6.20 Å². The molecule has 0 aliphatic carbocycles. The molecule has 0 atom stereocenters. The maximum absolute atomic E-state index is 11.7. The summed E-state index contributed by atoms with van der Waals surface area (Å²) in [5, 5.41) is 0. The molecule has 64 valence electrons. The molecular weight excluding hydrogens is 166 g/mol. The minimum absolute atomic E-state index is 0.225. The van der Waals surface area contributed by atoms with E-state index in [0.29, 0.717) is 5.69 Å². The van der Waals surface area contributed by atoms with Crippen LogP contribution in [0.15, 0.2) is 30.4 Å². The monoisotopic (exact) mass is 172 g/mol.